The highest BCUT2D eigenvalue weighted by Gasteiger charge is 2.31. The fourth-order valence-electron chi connectivity index (χ4n) is 4.42. The molecule has 3 heterocycles. The van der Waals surface area contributed by atoms with Gasteiger partial charge in [-0.25, -0.2) is 4.39 Å². The lowest BCUT2D eigenvalue weighted by Crippen LogP contribution is -2.45. The highest BCUT2D eigenvalue weighted by molar-refractivity contribution is 6.33. The molecule has 1 fully saturated rings. The highest BCUT2D eigenvalue weighted by Crippen LogP contribution is 2.41. The maximum atomic E-state index is 15.0. The number of ether oxygens (including phenoxy) is 3. The fraction of sp³-hybridized carbons (Fsp3) is 0.400. The zero-order chi connectivity index (χ0) is 25.1. The van der Waals surface area contributed by atoms with Crippen LogP contribution in [0.2, 0.25) is 5.02 Å². The molecule has 0 aliphatic carbocycles. The minimum absolute atomic E-state index is 0.0410. The number of pyridine rings is 1. The highest BCUT2D eigenvalue weighted by atomic mass is 35.5. The summed E-state index contributed by atoms with van der Waals surface area (Å²) in [5, 5.41) is 13.9. The number of nitrogens with one attached hydrogen (secondary N) is 1. The second-order valence-electron chi connectivity index (χ2n) is 8.46. The van der Waals surface area contributed by atoms with Crippen molar-refractivity contribution < 1.29 is 28.5 Å². The number of aliphatic hydroxyl groups is 1. The Morgan fingerprint density at radius 1 is 1.40 bits per heavy atom. The standard InChI is InChI=1S/C25H27ClFN3O5/c1-4-21(31)30-16-5-6-35-12-14(16)7-15-9-17-13(11-28-15)8-18(29-17)25(32)22-23(26)19(33-2)10-20(34-3)24(22)27/h4,9-11,14,16,25,32H,1,5-8,12H2,2-3H3,(H,30,31). The van der Waals surface area contributed by atoms with Crippen LogP contribution in [0.3, 0.4) is 0 Å². The van der Waals surface area contributed by atoms with Crippen LogP contribution in [0.4, 0.5) is 10.1 Å². The van der Waals surface area contributed by atoms with E-state index in [2.05, 4.69) is 21.9 Å². The summed E-state index contributed by atoms with van der Waals surface area (Å²) in [4.78, 5) is 20.9. The van der Waals surface area contributed by atoms with Crippen LogP contribution in [0.25, 0.3) is 0 Å². The maximum absolute atomic E-state index is 15.0. The molecule has 0 radical (unpaired) electrons. The summed E-state index contributed by atoms with van der Waals surface area (Å²) in [6.07, 6.45) is 3.15. The smallest absolute Gasteiger partial charge is 0.243 e. The van der Waals surface area contributed by atoms with E-state index in [9.17, 15) is 9.90 Å². The molecule has 1 amide bonds. The average molecular weight is 504 g/mol. The van der Waals surface area contributed by atoms with E-state index in [4.69, 9.17) is 25.8 Å². The first-order chi connectivity index (χ1) is 16.9. The van der Waals surface area contributed by atoms with Crippen molar-refractivity contribution in [3.05, 3.63) is 58.6 Å². The average Bonchev–Trinajstić information content (AvgIpc) is 3.29. The van der Waals surface area contributed by atoms with Gasteiger partial charge < -0.3 is 24.6 Å². The fourth-order valence-corrected chi connectivity index (χ4v) is 4.74. The summed E-state index contributed by atoms with van der Waals surface area (Å²) in [7, 11) is 2.72. The number of aromatic nitrogens is 1. The zero-order valence-corrected chi connectivity index (χ0v) is 20.3. The number of halogens is 2. The molecule has 2 aliphatic rings. The number of methoxy groups -OCH3 is 2. The number of carbonyl (C=O) groups excluding carboxylic acids is 1. The third kappa shape index (κ3) is 5.17. The monoisotopic (exact) mass is 503 g/mol. The Morgan fingerprint density at radius 2 is 2.17 bits per heavy atom. The van der Waals surface area contributed by atoms with E-state index in [0.717, 1.165) is 11.3 Å². The summed E-state index contributed by atoms with van der Waals surface area (Å²) >= 11 is 6.33. The van der Waals surface area contributed by atoms with E-state index >= 15 is 4.39 Å². The third-order valence-electron chi connectivity index (χ3n) is 6.31. The molecule has 2 aliphatic heterocycles. The van der Waals surface area contributed by atoms with Gasteiger partial charge >= 0.3 is 0 Å². The van der Waals surface area contributed by atoms with Gasteiger partial charge in [0.1, 0.15) is 11.9 Å². The summed E-state index contributed by atoms with van der Waals surface area (Å²) < 4.78 is 30.9. The van der Waals surface area contributed by atoms with E-state index in [1.165, 1.54) is 26.4 Å². The van der Waals surface area contributed by atoms with Gasteiger partial charge in [0.25, 0.3) is 0 Å². The van der Waals surface area contributed by atoms with Gasteiger partial charge in [-0.15, -0.1) is 0 Å². The molecule has 8 nitrogen and oxygen atoms in total. The van der Waals surface area contributed by atoms with Crippen molar-refractivity contribution in [2.75, 3.05) is 27.4 Å². The molecule has 1 aromatic carbocycles. The molecule has 2 N–H and O–H groups in total. The van der Waals surface area contributed by atoms with Crippen LogP contribution < -0.4 is 14.8 Å². The Balaban J connectivity index is 1.56. The summed E-state index contributed by atoms with van der Waals surface area (Å²) in [5.41, 5.74) is 2.43. The molecule has 10 heteroatoms. The number of nitrogens with zero attached hydrogens (tertiary/aromatic N) is 2. The van der Waals surface area contributed by atoms with Crippen molar-refractivity contribution in [1.29, 1.82) is 0 Å². The van der Waals surface area contributed by atoms with Gasteiger partial charge in [-0.1, -0.05) is 18.2 Å². The van der Waals surface area contributed by atoms with Gasteiger partial charge in [0, 0.05) is 54.1 Å². The predicted molar refractivity (Wildman–Crippen MR) is 129 cm³/mol. The lowest BCUT2D eigenvalue weighted by molar-refractivity contribution is -0.118. The van der Waals surface area contributed by atoms with Gasteiger partial charge in [0.2, 0.25) is 5.91 Å². The van der Waals surface area contributed by atoms with Crippen molar-refractivity contribution in [3.63, 3.8) is 0 Å². The molecule has 0 bridgehead atoms. The quantitative estimate of drug-likeness (QED) is 0.534. The molecular formula is C25H27ClFN3O5. The second-order valence-corrected chi connectivity index (χ2v) is 8.83. The molecule has 2 aromatic rings. The zero-order valence-electron chi connectivity index (χ0n) is 19.5. The molecular weight excluding hydrogens is 477 g/mol. The number of aliphatic imine (C=N–C) groups is 1. The Labute approximate surface area is 207 Å². The predicted octanol–water partition coefficient (Wildman–Crippen LogP) is 3.50. The number of rotatable bonds is 8. The lowest BCUT2D eigenvalue weighted by Gasteiger charge is -2.31. The van der Waals surface area contributed by atoms with E-state index < -0.39 is 11.9 Å². The Hall–Kier alpha value is -3.01. The molecule has 35 heavy (non-hydrogen) atoms. The minimum atomic E-state index is -1.40. The van der Waals surface area contributed by atoms with Gasteiger partial charge in [0.15, 0.2) is 11.6 Å². The van der Waals surface area contributed by atoms with Crippen LogP contribution in [0.1, 0.15) is 29.3 Å². The van der Waals surface area contributed by atoms with Crippen LogP contribution in [0, 0.1) is 11.7 Å². The van der Waals surface area contributed by atoms with Crippen LogP contribution in [0.15, 0.2) is 36.0 Å². The Kier molecular flexibility index (Phi) is 7.69. The molecule has 1 saturated heterocycles. The van der Waals surface area contributed by atoms with Crippen LogP contribution in [-0.2, 0) is 22.4 Å². The minimum Gasteiger partial charge on any atom is -0.495 e. The molecule has 0 saturated carbocycles. The SMILES string of the molecule is C=CC(=O)NC1CCOCC1Cc1cc2c(cn1)CC(C(O)c1c(F)c(OC)cc(OC)c1Cl)=N2. The molecule has 186 valence electrons. The Morgan fingerprint density at radius 3 is 2.89 bits per heavy atom. The number of benzene rings is 1. The van der Waals surface area contributed by atoms with Gasteiger partial charge in [-0.3, -0.25) is 14.8 Å². The topological polar surface area (TPSA) is 102 Å². The maximum Gasteiger partial charge on any atom is 0.243 e. The second kappa shape index (κ2) is 10.7. The van der Waals surface area contributed by atoms with Crippen molar-refractivity contribution in [2.45, 2.75) is 31.4 Å². The largest absolute Gasteiger partial charge is 0.495 e. The van der Waals surface area contributed by atoms with E-state index in [-0.39, 0.29) is 40.0 Å². The van der Waals surface area contributed by atoms with Gasteiger partial charge in [-0.05, 0) is 25.0 Å². The van der Waals surface area contributed by atoms with Crippen LogP contribution in [0.5, 0.6) is 11.5 Å². The summed E-state index contributed by atoms with van der Waals surface area (Å²) in [6.45, 7) is 4.59. The van der Waals surface area contributed by atoms with Gasteiger partial charge in [0.05, 0.1) is 37.2 Å². The van der Waals surface area contributed by atoms with E-state index in [1.807, 2.05) is 6.07 Å². The van der Waals surface area contributed by atoms with Crippen LogP contribution >= 0.6 is 11.6 Å². The number of hydrogen-bond donors (Lipinski definition) is 2. The third-order valence-corrected chi connectivity index (χ3v) is 6.70. The number of amides is 1. The van der Waals surface area contributed by atoms with E-state index in [0.29, 0.717) is 43.9 Å². The molecule has 3 atom stereocenters. The number of aliphatic hydroxyl groups excluding tert-OH is 1. The lowest BCUT2D eigenvalue weighted by atomic mass is 9.90. The van der Waals surface area contributed by atoms with Crippen molar-refractivity contribution in [3.8, 4) is 11.5 Å². The van der Waals surface area contributed by atoms with Gasteiger partial charge in [-0.2, -0.15) is 0 Å². The van der Waals surface area contributed by atoms with Crippen molar-refractivity contribution in [1.82, 2.24) is 10.3 Å². The first kappa shape index (κ1) is 25.1. The molecule has 0 spiro atoms. The molecule has 4 rings (SSSR count). The van der Waals surface area contributed by atoms with E-state index in [1.54, 1.807) is 6.20 Å². The van der Waals surface area contributed by atoms with Crippen LogP contribution in [-0.4, -0.2) is 55.2 Å². The molecule has 1 aromatic heterocycles. The van der Waals surface area contributed by atoms with Crippen molar-refractivity contribution in [2.24, 2.45) is 10.9 Å². The summed E-state index contributed by atoms with van der Waals surface area (Å²) in [6, 6.07) is 3.13. The normalized spacial score (nSPS) is 20.0. The van der Waals surface area contributed by atoms with Crippen molar-refractivity contribution >= 4 is 28.9 Å². The number of fused-ring (bicyclic) bond motifs is 1. The molecule has 3 unspecified atom stereocenters. The first-order valence-electron chi connectivity index (χ1n) is 11.2. The summed E-state index contributed by atoms with van der Waals surface area (Å²) in [5.74, 6) is -0.842. The number of carbonyl (C=O) groups is 1. The Bertz CT molecular complexity index is 1140. The first-order valence-corrected chi connectivity index (χ1v) is 11.6. The number of hydrogen-bond acceptors (Lipinski definition) is 7.